The van der Waals surface area contributed by atoms with Crippen LogP contribution < -0.4 is 4.90 Å². The number of rotatable bonds is 1. The van der Waals surface area contributed by atoms with Crippen LogP contribution in [0.4, 0.5) is 10.1 Å². The van der Waals surface area contributed by atoms with Gasteiger partial charge in [-0.3, -0.25) is 4.79 Å². The smallest absolute Gasteiger partial charge is 0.139 e. The van der Waals surface area contributed by atoms with E-state index in [4.69, 9.17) is 0 Å². The summed E-state index contributed by atoms with van der Waals surface area (Å²) in [6.45, 7) is 5.25. The molecule has 3 fully saturated rings. The van der Waals surface area contributed by atoms with Gasteiger partial charge < -0.3 is 4.90 Å². The first kappa shape index (κ1) is 11.7. The molecule has 1 aliphatic carbocycles. The Kier molecular flexibility index (Phi) is 2.47. The second kappa shape index (κ2) is 3.81. The highest BCUT2D eigenvalue weighted by Crippen LogP contribution is 2.46. The zero-order chi connectivity index (χ0) is 12.9. The van der Waals surface area contributed by atoms with Crippen molar-refractivity contribution >= 4 is 11.5 Å². The van der Waals surface area contributed by atoms with Gasteiger partial charge in [0.05, 0.1) is 0 Å². The van der Waals surface area contributed by atoms with Gasteiger partial charge in [-0.25, -0.2) is 4.39 Å². The average Bonchev–Trinajstić information content (AvgIpc) is 2.31. The van der Waals surface area contributed by atoms with Crippen molar-refractivity contribution in [3.63, 3.8) is 0 Å². The second-order valence-corrected chi connectivity index (χ2v) is 6.20. The number of anilines is 1. The Morgan fingerprint density at radius 3 is 2.56 bits per heavy atom. The quantitative estimate of drug-likeness (QED) is 0.760. The van der Waals surface area contributed by atoms with Crippen molar-refractivity contribution in [2.45, 2.75) is 32.7 Å². The topological polar surface area (TPSA) is 20.3 Å². The number of carbonyl (C=O) groups is 1. The average molecular weight is 247 g/mol. The number of fused-ring (bicyclic) bond motifs is 3. The Morgan fingerprint density at radius 1 is 1.28 bits per heavy atom. The van der Waals surface area contributed by atoms with Gasteiger partial charge in [0, 0.05) is 30.6 Å². The van der Waals surface area contributed by atoms with E-state index in [0.717, 1.165) is 18.7 Å². The van der Waals surface area contributed by atoms with Crippen LogP contribution in [-0.2, 0) is 4.79 Å². The lowest BCUT2D eigenvalue weighted by Gasteiger charge is -2.54. The normalized spacial score (nSPS) is 29.7. The molecule has 2 nitrogen and oxygen atoms in total. The molecular weight excluding hydrogens is 229 g/mol. The molecule has 0 aromatic heterocycles. The fourth-order valence-electron chi connectivity index (χ4n) is 3.50. The van der Waals surface area contributed by atoms with Crippen molar-refractivity contribution in [3.05, 3.63) is 30.1 Å². The standard InChI is InChI=1S/C15H18FNO/c1-15(2)8-10-9-17(14(15)7-13(10)18)12-5-3-11(16)4-6-12/h3-6,10,14H,7-9H2,1-2H3/t10-,14?/m0/s1. The molecule has 1 aromatic rings. The first-order valence-corrected chi connectivity index (χ1v) is 6.52. The molecule has 2 aliphatic heterocycles. The number of carbonyl (C=O) groups excluding carboxylic acids is 1. The lowest BCUT2D eigenvalue weighted by atomic mass is 9.64. The summed E-state index contributed by atoms with van der Waals surface area (Å²) < 4.78 is 13.0. The van der Waals surface area contributed by atoms with Gasteiger partial charge in [0.1, 0.15) is 11.6 Å². The van der Waals surface area contributed by atoms with E-state index in [-0.39, 0.29) is 23.2 Å². The molecule has 96 valence electrons. The number of hydrogen-bond donors (Lipinski definition) is 0. The van der Waals surface area contributed by atoms with E-state index in [1.165, 1.54) is 12.1 Å². The van der Waals surface area contributed by atoms with Gasteiger partial charge in [0.2, 0.25) is 0 Å². The molecule has 3 aliphatic rings. The van der Waals surface area contributed by atoms with E-state index < -0.39 is 0 Å². The summed E-state index contributed by atoms with van der Waals surface area (Å²) in [6, 6.07) is 6.87. The number of ketones is 1. The summed E-state index contributed by atoms with van der Waals surface area (Å²) in [6.07, 6.45) is 1.61. The Hall–Kier alpha value is -1.38. The lowest BCUT2D eigenvalue weighted by Crippen LogP contribution is -2.60. The summed E-state index contributed by atoms with van der Waals surface area (Å²) in [4.78, 5) is 14.2. The largest absolute Gasteiger partial charge is 0.367 e. The molecule has 2 atom stereocenters. The first-order valence-electron chi connectivity index (χ1n) is 6.52. The van der Waals surface area contributed by atoms with E-state index >= 15 is 0 Å². The summed E-state index contributed by atoms with van der Waals surface area (Å²) in [5.74, 6) is 0.337. The van der Waals surface area contributed by atoms with Crippen molar-refractivity contribution in [1.82, 2.24) is 0 Å². The van der Waals surface area contributed by atoms with E-state index in [1.54, 1.807) is 0 Å². The van der Waals surface area contributed by atoms with Gasteiger partial charge in [0.25, 0.3) is 0 Å². The molecule has 3 heteroatoms. The third kappa shape index (κ3) is 1.73. The Morgan fingerprint density at radius 2 is 1.94 bits per heavy atom. The fraction of sp³-hybridized carbons (Fsp3) is 0.533. The predicted molar refractivity (Wildman–Crippen MR) is 69.0 cm³/mol. The maximum atomic E-state index is 13.0. The lowest BCUT2D eigenvalue weighted by molar-refractivity contribution is -0.130. The number of nitrogens with zero attached hydrogens (tertiary/aromatic N) is 1. The van der Waals surface area contributed by atoms with Crippen LogP contribution in [0.15, 0.2) is 24.3 Å². The summed E-state index contributed by atoms with van der Waals surface area (Å²) in [5.41, 5.74) is 1.19. The molecule has 0 N–H and O–H groups in total. The molecule has 0 spiro atoms. The number of piperidine rings is 2. The van der Waals surface area contributed by atoms with E-state index in [9.17, 15) is 9.18 Å². The van der Waals surface area contributed by atoms with Crippen LogP contribution in [0.2, 0.25) is 0 Å². The first-order chi connectivity index (χ1) is 8.47. The van der Waals surface area contributed by atoms with Gasteiger partial charge in [0.15, 0.2) is 0 Å². The van der Waals surface area contributed by atoms with Gasteiger partial charge in [-0.15, -0.1) is 0 Å². The molecule has 1 unspecified atom stereocenters. The molecule has 18 heavy (non-hydrogen) atoms. The SMILES string of the molecule is CC1(C)C[C@H]2CN(c3ccc(F)cc3)C1CC2=O. The van der Waals surface area contributed by atoms with Crippen LogP contribution in [0.25, 0.3) is 0 Å². The number of hydrogen-bond acceptors (Lipinski definition) is 2. The van der Waals surface area contributed by atoms with Gasteiger partial charge in [-0.2, -0.15) is 0 Å². The Balaban J connectivity index is 1.94. The van der Waals surface area contributed by atoms with Crippen molar-refractivity contribution in [2.75, 3.05) is 11.4 Å². The molecule has 0 amide bonds. The third-order valence-corrected chi connectivity index (χ3v) is 4.48. The highest BCUT2D eigenvalue weighted by molar-refractivity contribution is 5.85. The van der Waals surface area contributed by atoms with Crippen LogP contribution in [0.3, 0.4) is 0 Å². The van der Waals surface area contributed by atoms with E-state index in [2.05, 4.69) is 18.7 Å². The maximum Gasteiger partial charge on any atom is 0.139 e. The molecule has 0 radical (unpaired) electrons. The Labute approximate surface area is 107 Å². The monoisotopic (exact) mass is 247 g/mol. The third-order valence-electron chi connectivity index (χ3n) is 4.48. The van der Waals surface area contributed by atoms with E-state index in [1.807, 2.05) is 12.1 Å². The van der Waals surface area contributed by atoms with E-state index in [0.29, 0.717) is 12.2 Å². The van der Waals surface area contributed by atoms with Gasteiger partial charge >= 0.3 is 0 Å². The zero-order valence-corrected chi connectivity index (χ0v) is 10.8. The molecule has 4 rings (SSSR count). The summed E-state index contributed by atoms with van der Waals surface area (Å²) in [7, 11) is 0. The van der Waals surface area contributed by atoms with Crippen molar-refractivity contribution in [2.24, 2.45) is 11.3 Å². The summed E-state index contributed by atoms with van der Waals surface area (Å²) in [5, 5.41) is 0. The Bertz CT molecular complexity index is 480. The van der Waals surface area contributed by atoms with Gasteiger partial charge in [-0.05, 0) is 36.1 Å². The van der Waals surface area contributed by atoms with Crippen molar-refractivity contribution < 1.29 is 9.18 Å². The van der Waals surface area contributed by atoms with Crippen LogP contribution >= 0.6 is 0 Å². The van der Waals surface area contributed by atoms with Gasteiger partial charge in [-0.1, -0.05) is 13.8 Å². The minimum atomic E-state index is -0.212. The second-order valence-electron chi connectivity index (χ2n) is 6.20. The summed E-state index contributed by atoms with van der Waals surface area (Å²) >= 11 is 0. The molecule has 2 heterocycles. The van der Waals surface area contributed by atoms with Crippen molar-refractivity contribution in [3.8, 4) is 0 Å². The molecular formula is C15H18FNO. The van der Waals surface area contributed by atoms with Crippen LogP contribution in [-0.4, -0.2) is 18.4 Å². The van der Waals surface area contributed by atoms with Crippen LogP contribution in [0.5, 0.6) is 0 Å². The molecule has 2 bridgehead atoms. The number of Topliss-reactive ketones (excluding diaryl/α,β-unsaturated/α-hetero) is 1. The van der Waals surface area contributed by atoms with Crippen molar-refractivity contribution in [1.29, 1.82) is 0 Å². The number of halogens is 1. The molecule has 2 saturated heterocycles. The van der Waals surface area contributed by atoms with Crippen LogP contribution in [0.1, 0.15) is 26.7 Å². The predicted octanol–water partition coefficient (Wildman–Crippen LogP) is 3.02. The molecule has 1 aromatic carbocycles. The minimum Gasteiger partial charge on any atom is -0.367 e. The fourth-order valence-corrected chi connectivity index (χ4v) is 3.50. The maximum absolute atomic E-state index is 13.0. The number of benzene rings is 1. The highest BCUT2D eigenvalue weighted by Gasteiger charge is 2.49. The zero-order valence-electron chi connectivity index (χ0n) is 10.8. The van der Waals surface area contributed by atoms with Crippen LogP contribution in [0, 0.1) is 17.2 Å². The highest BCUT2D eigenvalue weighted by atomic mass is 19.1. The minimum absolute atomic E-state index is 0.148. The molecule has 1 saturated carbocycles.